The van der Waals surface area contributed by atoms with Crippen molar-refractivity contribution < 1.29 is 0 Å². The minimum Gasteiger partial charge on any atom is -0.399 e. The molecule has 0 atom stereocenters. The Hall–Kier alpha value is -1.45. The lowest BCUT2D eigenvalue weighted by atomic mass is 10.2. The molecule has 0 bridgehead atoms. The summed E-state index contributed by atoms with van der Waals surface area (Å²) in [7, 11) is 0. The van der Waals surface area contributed by atoms with Gasteiger partial charge in [-0.05, 0) is 24.6 Å². The molecule has 2 rings (SSSR count). The number of aromatic nitrogens is 1. The number of hydrogen-bond donors (Lipinski definition) is 2. The molecule has 0 aliphatic rings. The fourth-order valence-electron chi connectivity index (χ4n) is 1.41. The van der Waals surface area contributed by atoms with Gasteiger partial charge in [-0.3, -0.25) is 0 Å². The SMILES string of the molecule is Cc1ccc(Cl)c(Nc2cc(N)ccn2)c1Cl. The maximum Gasteiger partial charge on any atom is 0.132 e. The van der Waals surface area contributed by atoms with E-state index in [1.54, 1.807) is 24.4 Å². The molecule has 3 N–H and O–H groups in total. The van der Waals surface area contributed by atoms with E-state index in [-0.39, 0.29) is 0 Å². The lowest BCUT2D eigenvalue weighted by molar-refractivity contribution is 1.31. The third-order valence-corrected chi connectivity index (χ3v) is 3.12. The van der Waals surface area contributed by atoms with Crippen molar-refractivity contribution in [1.82, 2.24) is 4.98 Å². The highest BCUT2D eigenvalue weighted by Crippen LogP contribution is 2.34. The molecular formula is C12H11Cl2N3. The maximum atomic E-state index is 6.18. The average Bonchev–Trinajstić information content (AvgIpc) is 2.30. The predicted octanol–water partition coefficient (Wildman–Crippen LogP) is 4.02. The second kappa shape index (κ2) is 4.82. The molecule has 0 saturated heterocycles. The van der Waals surface area contributed by atoms with Crippen molar-refractivity contribution in [2.24, 2.45) is 0 Å². The number of halogens is 2. The Bertz CT molecular complexity index is 555. The highest BCUT2D eigenvalue weighted by Gasteiger charge is 2.09. The zero-order valence-corrected chi connectivity index (χ0v) is 10.7. The summed E-state index contributed by atoms with van der Waals surface area (Å²) in [5.74, 6) is 0.611. The summed E-state index contributed by atoms with van der Waals surface area (Å²) in [6, 6.07) is 7.08. The summed E-state index contributed by atoms with van der Waals surface area (Å²) in [6.07, 6.45) is 1.62. The molecule has 5 heteroatoms. The molecule has 2 aromatic rings. The molecule has 0 aliphatic carbocycles. The van der Waals surface area contributed by atoms with Crippen LogP contribution in [0.25, 0.3) is 0 Å². The highest BCUT2D eigenvalue weighted by atomic mass is 35.5. The number of anilines is 3. The standard InChI is InChI=1S/C12H11Cl2N3/c1-7-2-3-9(13)12(11(7)14)17-10-6-8(15)4-5-16-10/h2-6H,1H3,(H3,15,16,17). The number of aryl methyl sites for hydroxylation is 1. The summed E-state index contributed by atoms with van der Waals surface area (Å²) < 4.78 is 0. The smallest absolute Gasteiger partial charge is 0.132 e. The van der Waals surface area contributed by atoms with Crippen LogP contribution in [0, 0.1) is 6.92 Å². The van der Waals surface area contributed by atoms with Gasteiger partial charge in [0.15, 0.2) is 0 Å². The second-order valence-electron chi connectivity index (χ2n) is 3.65. The summed E-state index contributed by atoms with van der Waals surface area (Å²) in [4.78, 5) is 4.14. The fraction of sp³-hybridized carbons (Fsp3) is 0.0833. The molecule has 0 unspecified atom stereocenters. The zero-order chi connectivity index (χ0) is 12.4. The molecule has 1 heterocycles. The molecule has 0 amide bonds. The number of nitrogens with one attached hydrogen (secondary N) is 1. The van der Waals surface area contributed by atoms with Gasteiger partial charge >= 0.3 is 0 Å². The van der Waals surface area contributed by atoms with Crippen LogP contribution in [0.1, 0.15) is 5.56 Å². The normalized spacial score (nSPS) is 10.3. The summed E-state index contributed by atoms with van der Waals surface area (Å²) in [6.45, 7) is 1.91. The van der Waals surface area contributed by atoms with Crippen LogP contribution in [0.15, 0.2) is 30.5 Å². The summed E-state index contributed by atoms with van der Waals surface area (Å²) >= 11 is 12.3. The molecule has 0 spiro atoms. The third-order valence-electron chi connectivity index (χ3n) is 2.32. The Morgan fingerprint density at radius 1 is 1.24 bits per heavy atom. The van der Waals surface area contributed by atoms with E-state index in [0.29, 0.717) is 27.2 Å². The molecule has 0 radical (unpaired) electrons. The lowest BCUT2D eigenvalue weighted by Crippen LogP contribution is -1.97. The summed E-state index contributed by atoms with van der Waals surface area (Å²) in [5, 5.41) is 4.20. The molecular weight excluding hydrogens is 257 g/mol. The van der Waals surface area contributed by atoms with Crippen LogP contribution < -0.4 is 11.1 Å². The Morgan fingerprint density at radius 3 is 2.71 bits per heavy atom. The minimum atomic E-state index is 0.546. The Labute approximate surface area is 110 Å². The third kappa shape index (κ3) is 2.62. The Balaban J connectivity index is 2.39. The fourth-order valence-corrected chi connectivity index (χ4v) is 1.88. The molecule has 17 heavy (non-hydrogen) atoms. The van der Waals surface area contributed by atoms with E-state index in [2.05, 4.69) is 10.3 Å². The highest BCUT2D eigenvalue weighted by molar-refractivity contribution is 6.39. The number of pyridine rings is 1. The predicted molar refractivity (Wildman–Crippen MR) is 73.1 cm³/mol. The second-order valence-corrected chi connectivity index (χ2v) is 4.44. The van der Waals surface area contributed by atoms with Crippen LogP contribution in [-0.4, -0.2) is 4.98 Å². The van der Waals surface area contributed by atoms with Crippen molar-refractivity contribution in [2.75, 3.05) is 11.1 Å². The number of nitrogen functional groups attached to an aromatic ring is 1. The van der Waals surface area contributed by atoms with E-state index in [9.17, 15) is 0 Å². The van der Waals surface area contributed by atoms with Crippen LogP contribution in [0.3, 0.4) is 0 Å². The van der Waals surface area contributed by atoms with Crippen molar-refractivity contribution in [2.45, 2.75) is 6.92 Å². The topological polar surface area (TPSA) is 50.9 Å². The van der Waals surface area contributed by atoms with Crippen LogP contribution in [0.5, 0.6) is 0 Å². The Kier molecular flexibility index (Phi) is 3.41. The first-order valence-electron chi connectivity index (χ1n) is 5.01. The van der Waals surface area contributed by atoms with Gasteiger partial charge in [0.2, 0.25) is 0 Å². The summed E-state index contributed by atoms with van der Waals surface area (Å²) in [5.41, 5.74) is 7.89. The largest absolute Gasteiger partial charge is 0.399 e. The van der Waals surface area contributed by atoms with Crippen LogP contribution >= 0.6 is 23.2 Å². The van der Waals surface area contributed by atoms with Gasteiger partial charge < -0.3 is 11.1 Å². The van der Waals surface area contributed by atoms with Crippen LogP contribution in [0.4, 0.5) is 17.2 Å². The van der Waals surface area contributed by atoms with E-state index >= 15 is 0 Å². The molecule has 3 nitrogen and oxygen atoms in total. The van der Waals surface area contributed by atoms with E-state index < -0.39 is 0 Å². The molecule has 1 aromatic carbocycles. The van der Waals surface area contributed by atoms with Gasteiger partial charge in [0.05, 0.1) is 15.7 Å². The number of nitrogens with zero attached hydrogens (tertiary/aromatic N) is 1. The van der Waals surface area contributed by atoms with Gasteiger partial charge in [-0.2, -0.15) is 0 Å². The van der Waals surface area contributed by atoms with Gasteiger partial charge in [-0.1, -0.05) is 29.3 Å². The van der Waals surface area contributed by atoms with Crippen LogP contribution in [0.2, 0.25) is 10.0 Å². The van der Waals surface area contributed by atoms with Crippen molar-refractivity contribution >= 4 is 40.4 Å². The van der Waals surface area contributed by atoms with Gasteiger partial charge in [0.25, 0.3) is 0 Å². The zero-order valence-electron chi connectivity index (χ0n) is 9.17. The van der Waals surface area contributed by atoms with Gasteiger partial charge in [-0.15, -0.1) is 0 Å². The van der Waals surface area contributed by atoms with Gasteiger partial charge in [0.1, 0.15) is 5.82 Å². The van der Waals surface area contributed by atoms with Crippen molar-refractivity contribution in [3.8, 4) is 0 Å². The monoisotopic (exact) mass is 267 g/mol. The lowest BCUT2D eigenvalue weighted by Gasteiger charge is -2.11. The van der Waals surface area contributed by atoms with Crippen molar-refractivity contribution in [3.63, 3.8) is 0 Å². The average molecular weight is 268 g/mol. The molecule has 88 valence electrons. The first kappa shape index (κ1) is 12.0. The molecule has 0 fully saturated rings. The number of hydrogen-bond acceptors (Lipinski definition) is 3. The van der Waals surface area contributed by atoms with E-state index in [4.69, 9.17) is 28.9 Å². The molecule has 0 saturated carbocycles. The van der Waals surface area contributed by atoms with Gasteiger partial charge in [0, 0.05) is 18.0 Å². The van der Waals surface area contributed by atoms with Crippen molar-refractivity contribution in [3.05, 3.63) is 46.1 Å². The van der Waals surface area contributed by atoms with E-state index in [1.807, 2.05) is 13.0 Å². The van der Waals surface area contributed by atoms with Crippen LogP contribution in [-0.2, 0) is 0 Å². The number of benzene rings is 1. The Morgan fingerprint density at radius 2 is 2.00 bits per heavy atom. The number of rotatable bonds is 2. The first-order chi connectivity index (χ1) is 8.08. The van der Waals surface area contributed by atoms with E-state index in [0.717, 1.165) is 5.56 Å². The van der Waals surface area contributed by atoms with Gasteiger partial charge in [-0.25, -0.2) is 4.98 Å². The van der Waals surface area contributed by atoms with E-state index in [1.165, 1.54) is 0 Å². The number of nitrogens with two attached hydrogens (primary N) is 1. The molecule has 0 aliphatic heterocycles. The molecule has 1 aromatic heterocycles. The minimum absolute atomic E-state index is 0.546. The van der Waals surface area contributed by atoms with Crippen molar-refractivity contribution in [1.29, 1.82) is 0 Å². The first-order valence-corrected chi connectivity index (χ1v) is 5.76. The quantitative estimate of drug-likeness (QED) is 0.864. The maximum absolute atomic E-state index is 6.18.